The molecule has 0 fully saturated rings. The lowest BCUT2D eigenvalue weighted by Crippen LogP contribution is -2.06. The summed E-state index contributed by atoms with van der Waals surface area (Å²) >= 11 is 0. The van der Waals surface area contributed by atoms with Crippen LogP contribution in [-0.2, 0) is 6.54 Å². The third-order valence-electron chi connectivity index (χ3n) is 3.92. The van der Waals surface area contributed by atoms with Gasteiger partial charge >= 0.3 is 0 Å². The first-order chi connectivity index (χ1) is 11.6. The van der Waals surface area contributed by atoms with Crippen LogP contribution in [0.25, 0.3) is 0 Å². The predicted octanol–water partition coefficient (Wildman–Crippen LogP) is 4.59. The van der Waals surface area contributed by atoms with Crippen molar-refractivity contribution >= 4 is 17.5 Å². The van der Waals surface area contributed by atoms with Crippen LogP contribution >= 0.6 is 0 Å². The molecular weight excluding hydrogens is 303 g/mol. The first kappa shape index (κ1) is 15.9. The Morgan fingerprint density at radius 3 is 2.67 bits per heavy atom. The summed E-state index contributed by atoms with van der Waals surface area (Å²) in [7, 11) is 0. The summed E-state index contributed by atoms with van der Waals surface area (Å²) in [6.07, 6.45) is 1.67. The standard InChI is InChI=1S/C19H19FN4/c1-13-6-5-9-17(14(13)2)23-19-21-11-10-18(24-19)22-12-15-7-3-4-8-16(15)20/h3-11H,12H2,1-2H3,(H2,21,22,23,24). The van der Waals surface area contributed by atoms with Crippen LogP contribution in [0.1, 0.15) is 16.7 Å². The van der Waals surface area contributed by atoms with Crippen molar-refractivity contribution in [3.8, 4) is 0 Å². The van der Waals surface area contributed by atoms with Crippen molar-refractivity contribution in [1.82, 2.24) is 9.97 Å². The molecule has 0 spiro atoms. The Morgan fingerprint density at radius 2 is 1.83 bits per heavy atom. The lowest BCUT2D eigenvalue weighted by atomic mass is 10.1. The Morgan fingerprint density at radius 1 is 1.00 bits per heavy atom. The molecule has 0 saturated carbocycles. The summed E-state index contributed by atoms with van der Waals surface area (Å²) in [4.78, 5) is 8.67. The molecule has 5 heteroatoms. The van der Waals surface area contributed by atoms with Crippen molar-refractivity contribution in [2.75, 3.05) is 10.6 Å². The van der Waals surface area contributed by atoms with Gasteiger partial charge in [-0.3, -0.25) is 0 Å². The van der Waals surface area contributed by atoms with Crippen molar-refractivity contribution in [3.05, 3.63) is 77.2 Å². The summed E-state index contributed by atoms with van der Waals surface area (Å²) in [5, 5.41) is 6.35. The van der Waals surface area contributed by atoms with Gasteiger partial charge in [0.05, 0.1) is 0 Å². The topological polar surface area (TPSA) is 49.8 Å². The Kier molecular flexibility index (Phi) is 4.70. The van der Waals surface area contributed by atoms with Gasteiger partial charge in [-0.25, -0.2) is 9.37 Å². The highest BCUT2D eigenvalue weighted by Gasteiger charge is 2.05. The molecule has 0 saturated heterocycles. The van der Waals surface area contributed by atoms with Crippen LogP contribution in [0.3, 0.4) is 0 Å². The van der Waals surface area contributed by atoms with E-state index in [-0.39, 0.29) is 5.82 Å². The van der Waals surface area contributed by atoms with Crippen LogP contribution in [0, 0.1) is 19.7 Å². The highest BCUT2D eigenvalue weighted by molar-refractivity contribution is 5.60. The molecule has 2 aromatic carbocycles. The van der Waals surface area contributed by atoms with Gasteiger partial charge in [0, 0.05) is 24.0 Å². The maximum absolute atomic E-state index is 13.7. The number of hydrogen-bond donors (Lipinski definition) is 2. The van der Waals surface area contributed by atoms with E-state index in [1.807, 2.05) is 18.2 Å². The Labute approximate surface area is 140 Å². The molecular formula is C19H19FN4. The average molecular weight is 322 g/mol. The molecule has 0 bridgehead atoms. The van der Waals surface area contributed by atoms with E-state index in [1.165, 1.54) is 11.6 Å². The number of nitrogens with one attached hydrogen (secondary N) is 2. The molecule has 122 valence electrons. The van der Waals surface area contributed by atoms with Gasteiger partial charge in [-0.05, 0) is 43.2 Å². The van der Waals surface area contributed by atoms with Gasteiger partial charge in [-0.1, -0.05) is 30.3 Å². The van der Waals surface area contributed by atoms with Crippen LogP contribution in [0.4, 0.5) is 21.8 Å². The van der Waals surface area contributed by atoms with Crippen molar-refractivity contribution < 1.29 is 4.39 Å². The SMILES string of the molecule is Cc1cccc(Nc2nccc(NCc3ccccc3F)n2)c1C. The van der Waals surface area contributed by atoms with Crippen molar-refractivity contribution in [1.29, 1.82) is 0 Å². The minimum atomic E-state index is -0.229. The number of aromatic nitrogens is 2. The quantitative estimate of drug-likeness (QED) is 0.721. The fourth-order valence-electron chi connectivity index (χ4n) is 2.35. The number of halogens is 1. The Balaban J connectivity index is 1.72. The molecule has 1 heterocycles. The van der Waals surface area contributed by atoms with Crippen LogP contribution in [0.15, 0.2) is 54.7 Å². The molecule has 3 aromatic rings. The molecule has 1 aromatic heterocycles. The number of benzene rings is 2. The van der Waals surface area contributed by atoms with Crippen LogP contribution < -0.4 is 10.6 Å². The van der Waals surface area contributed by atoms with Gasteiger partial charge in [0.2, 0.25) is 5.95 Å². The zero-order valence-corrected chi connectivity index (χ0v) is 13.7. The fourth-order valence-corrected chi connectivity index (χ4v) is 2.35. The van der Waals surface area contributed by atoms with Gasteiger partial charge < -0.3 is 10.6 Å². The van der Waals surface area contributed by atoms with Gasteiger partial charge in [0.1, 0.15) is 11.6 Å². The number of nitrogens with zero attached hydrogens (tertiary/aromatic N) is 2. The monoisotopic (exact) mass is 322 g/mol. The fraction of sp³-hybridized carbons (Fsp3) is 0.158. The van der Waals surface area contributed by atoms with Crippen LogP contribution in [0.5, 0.6) is 0 Å². The second kappa shape index (κ2) is 7.08. The molecule has 0 aliphatic carbocycles. The first-order valence-corrected chi connectivity index (χ1v) is 7.77. The molecule has 0 atom stereocenters. The van der Waals surface area contributed by atoms with E-state index in [2.05, 4.69) is 40.5 Å². The molecule has 0 amide bonds. The number of hydrogen-bond acceptors (Lipinski definition) is 4. The third kappa shape index (κ3) is 3.68. The summed E-state index contributed by atoms with van der Waals surface area (Å²) in [6, 6.07) is 14.5. The van der Waals surface area contributed by atoms with Crippen LogP contribution in [0.2, 0.25) is 0 Å². The predicted molar refractivity (Wildman–Crippen MR) is 95.0 cm³/mol. The number of aryl methyl sites for hydroxylation is 1. The molecule has 2 N–H and O–H groups in total. The largest absolute Gasteiger partial charge is 0.366 e. The minimum Gasteiger partial charge on any atom is -0.366 e. The van der Waals surface area contributed by atoms with E-state index in [4.69, 9.17) is 0 Å². The zero-order valence-electron chi connectivity index (χ0n) is 13.7. The number of anilines is 3. The summed E-state index contributed by atoms with van der Waals surface area (Å²) in [5.41, 5.74) is 3.93. The van der Waals surface area contributed by atoms with Crippen molar-refractivity contribution in [2.24, 2.45) is 0 Å². The first-order valence-electron chi connectivity index (χ1n) is 7.77. The summed E-state index contributed by atoms with van der Waals surface area (Å²) in [6.45, 7) is 4.48. The number of rotatable bonds is 5. The molecule has 0 unspecified atom stereocenters. The van der Waals surface area contributed by atoms with E-state index in [0.717, 1.165) is 11.3 Å². The highest BCUT2D eigenvalue weighted by atomic mass is 19.1. The maximum atomic E-state index is 13.7. The van der Waals surface area contributed by atoms with E-state index in [1.54, 1.807) is 24.4 Å². The van der Waals surface area contributed by atoms with Crippen molar-refractivity contribution in [3.63, 3.8) is 0 Å². The van der Waals surface area contributed by atoms with E-state index in [0.29, 0.717) is 23.9 Å². The molecule has 24 heavy (non-hydrogen) atoms. The smallest absolute Gasteiger partial charge is 0.229 e. The van der Waals surface area contributed by atoms with E-state index in [9.17, 15) is 4.39 Å². The second-order valence-corrected chi connectivity index (χ2v) is 5.58. The zero-order chi connectivity index (χ0) is 16.9. The summed E-state index contributed by atoms with van der Waals surface area (Å²) in [5.74, 6) is 0.913. The second-order valence-electron chi connectivity index (χ2n) is 5.58. The van der Waals surface area contributed by atoms with E-state index < -0.39 is 0 Å². The van der Waals surface area contributed by atoms with Gasteiger partial charge in [-0.15, -0.1) is 0 Å². The summed E-state index contributed by atoms with van der Waals surface area (Å²) < 4.78 is 13.7. The van der Waals surface area contributed by atoms with Gasteiger partial charge in [-0.2, -0.15) is 4.98 Å². The van der Waals surface area contributed by atoms with E-state index >= 15 is 0 Å². The third-order valence-corrected chi connectivity index (χ3v) is 3.92. The molecule has 0 aliphatic heterocycles. The molecule has 0 radical (unpaired) electrons. The lowest BCUT2D eigenvalue weighted by Gasteiger charge is -2.11. The molecule has 0 aliphatic rings. The molecule has 4 nitrogen and oxygen atoms in total. The molecule has 3 rings (SSSR count). The average Bonchev–Trinajstić information content (AvgIpc) is 2.59. The van der Waals surface area contributed by atoms with Gasteiger partial charge in [0.15, 0.2) is 0 Å². The minimum absolute atomic E-state index is 0.229. The van der Waals surface area contributed by atoms with Crippen molar-refractivity contribution in [2.45, 2.75) is 20.4 Å². The highest BCUT2D eigenvalue weighted by Crippen LogP contribution is 2.21. The lowest BCUT2D eigenvalue weighted by molar-refractivity contribution is 0.613. The Hall–Kier alpha value is -2.95. The normalized spacial score (nSPS) is 10.5. The van der Waals surface area contributed by atoms with Gasteiger partial charge in [0.25, 0.3) is 0 Å². The van der Waals surface area contributed by atoms with Crippen LogP contribution in [-0.4, -0.2) is 9.97 Å². The maximum Gasteiger partial charge on any atom is 0.229 e. The Bertz CT molecular complexity index is 848.